The Kier molecular flexibility index (Phi) is 8.28. The Labute approximate surface area is 287 Å². The topological polar surface area (TPSA) is 137 Å². The molecule has 0 bridgehead atoms. The largest absolute Gasteiger partial charge is 0.496 e. The number of alkyl halides is 1. The van der Waals surface area contributed by atoms with Gasteiger partial charge in [0.2, 0.25) is 11.7 Å². The fraction of sp³-hybridized carbons (Fsp3) is 0.421. The molecule has 2 heterocycles. The number of carbonyl (C=O) groups is 3. The highest BCUT2D eigenvalue weighted by atomic mass is 19.2. The molecule has 12 heteroatoms. The van der Waals surface area contributed by atoms with Crippen LogP contribution < -0.4 is 36.3 Å². The molecule has 50 heavy (non-hydrogen) atoms. The highest BCUT2D eigenvalue weighted by Gasteiger charge is 2.51. The molecule has 0 saturated heterocycles. The van der Waals surface area contributed by atoms with Crippen molar-refractivity contribution in [1.29, 1.82) is 0 Å². The average molecular weight is 690 g/mol. The quantitative estimate of drug-likeness (QED) is 0.198. The molecule has 0 unspecified atom stereocenters. The number of amides is 2. The van der Waals surface area contributed by atoms with Gasteiger partial charge in [-0.25, -0.2) is 13.8 Å². The minimum atomic E-state index is -1.33. The molecule has 0 radical (unpaired) electrons. The molecular formula is C38H40F3N4O5+. The summed E-state index contributed by atoms with van der Waals surface area (Å²) in [6, 6.07) is 7.57. The van der Waals surface area contributed by atoms with Gasteiger partial charge in [-0.05, 0) is 81.3 Å². The highest BCUT2D eigenvalue weighted by molar-refractivity contribution is 5.95. The molecular weight excluding hydrogens is 649 g/mol. The van der Waals surface area contributed by atoms with Gasteiger partial charge in [0.15, 0.2) is 11.6 Å². The Bertz CT molecular complexity index is 2050. The molecule has 3 aromatic rings. The highest BCUT2D eigenvalue weighted by Crippen LogP contribution is 2.52. The number of fused-ring (bicyclic) bond motifs is 1. The van der Waals surface area contributed by atoms with E-state index in [2.05, 4.69) is 5.32 Å². The van der Waals surface area contributed by atoms with Gasteiger partial charge in [-0.15, -0.1) is 0 Å². The van der Waals surface area contributed by atoms with Gasteiger partial charge < -0.3 is 25.3 Å². The fourth-order valence-electron chi connectivity index (χ4n) is 7.09. The second kappa shape index (κ2) is 12.3. The summed E-state index contributed by atoms with van der Waals surface area (Å²) >= 11 is 0. The number of aromatic nitrogens is 1. The van der Waals surface area contributed by atoms with Crippen LogP contribution in [0, 0.1) is 24.5 Å². The summed E-state index contributed by atoms with van der Waals surface area (Å²) < 4.78 is 55.4. The molecule has 4 aliphatic rings. The first-order chi connectivity index (χ1) is 23.8. The lowest BCUT2D eigenvalue weighted by atomic mass is 9.73. The molecule has 1 aliphatic heterocycles. The number of halogens is 3. The number of nitrogens with one attached hydrogen (secondary N) is 1. The van der Waals surface area contributed by atoms with Crippen molar-refractivity contribution in [2.45, 2.75) is 75.4 Å². The van der Waals surface area contributed by atoms with Gasteiger partial charge in [0.1, 0.15) is 41.7 Å². The van der Waals surface area contributed by atoms with E-state index in [1.165, 1.54) is 25.7 Å². The van der Waals surface area contributed by atoms with Gasteiger partial charge in [-0.1, -0.05) is 5.57 Å². The number of methoxy groups -OCH3 is 1. The van der Waals surface area contributed by atoms with E-state index in [1.54, 1.807) is 36.6 Å². The van der Waals surface area contributed by atoms with Crippen molar-refractivity contribution in [1.82, 2.24) is 10.3 Å². The van der Waals surface area contributed by atoms with E-state index in [4.69, 9.17) is 20.2 Å². The third-order valence-corrected chi connectivity index (χ3v) is 10.7. The molecule has 3 fully saturated rings. The molecule has 0 spiro atoms. The minimum Gasteiger partial charge on any atom is -0.496 e. The lowest BCUT2D eigenvalue weighted by Gasteiger charge is -2.33. The van der Waals surface area contributed by atoms with Crippen LogP contribution in [0.25, 0.3) is 23.0 Å². The maximum atomic E-state index is 14.7. The first-order valence-corrected chi connectivity index (χ1v) is 16.9. The zero-order valence-electron chi connectivity index (χ0n) is 28.3. The van der Waals surface area contributed by atoms with Crippen molar-refractivity contribution >= 4 is 29.9 Å². The number of hydrogen-bond donors (Lipinski definition) is 3. The Balaban J connectivity index is 1.31. The standard InChI is InChI=1S/C38H39F3N4O5/c1-20-12-22(14-27(39)31(20)40)32-33-26(36(2,19-50-33)35(42)48)16-29(45-32)37(10-11-46,25-6-7-25)18-43-34(47)23-13-24(17-44-38(41)8-9-38)30(21-4-5-21)28(15-23)49-3/h11-17,25,44H,4-10,18-19H2,1-3H3,(H2,42,48)(H,43,47)/p+1/b24-17-/t36-,37-/m0/s1. The van der Waals surface area contributed by atoms with Crippen LogP contribution >= 0.6 is 0 Å². The molecule has 3 aliphatic carbocycles. The number of ether oxygens (including phenoxy) is 2. The van der Waals surface area contributed by atoms with Gasteiger partial charge in [0.05, 0.1) is 12.8 Å². The van der Waals surface area contributed by atoms with Crippen LogP contribution in [0.1, 0.15) is 79.0 Å². The third-order valence-electron chi connectivity index (χ3n) is 10.7. The molecule has 3 saturated carbocycles. The predicted molar refractivity (Wildman–Crippen MR) is 178 cm³/mol. The number of aryl methyl sites for hydroxylation is 1. The van der Waals surface area contributed by atoms with Crippen LogP contribution in [0.4, 0.5) is 13.2 Å². The zero-order chi connectivity index (χ0) is 35.6. The smallest absolute Gasteiger partial charge is 0.251 e. The molecule has 2 amide bonds. The van der Waals surface area contributed by atoms with E-state index in [9.17, 15) is 27.6 Å². The monoisotopic (exact) mass is 689 g/mol. The van der Waals surface area contributed by atoms with Crippen LogP contribution in [0.15, 0.2) is 30.3 Å². The van der Waals surface area contributed by atoms with Gasteiger partial charge >= 0.3 is 0 Å². The molecule has 7 rings (SSSR count). The number of primary amides is 1. The normalized spacial score (nSPS) is 21.6. The van der Waals surface area contributed by atoms with Crippen molar-refractivity contribution < 1.29 is 42.3 Å². The summed E-state index contributed by atoms with van der Waals surface area (Å²) in [5.74, 6) is -3.77. The second-order valence-corrected chi connectivity index (χ2v) is 14.4. The number of rotatable bonds is 12. The summed E-state index contributed by atoms with van der Waals surface area (Å²) in [4.78, 5) is 44.1. The maximum absolute atomic E-state index is 14.7. The predicted octanol–water partition coefficient (Wildman–Crippen LogP) is 2.85. The van der Waals surface area contributed by atoms with Crippen molar-refractivity contribution in [3.8, 4) is 22.8 Å². The Hall–Kier alpha value is -4.71. The van der Waals surface area contributed by atoms with Crippen LogP contribution in [0.2, 0.25) is 0 Å². The number of carbonyl (C=O) groups excluding carboxylic acids is 3. The van der Waals surface area contributed by atoms with E-state index in [1.807, 2.05) is 0 Å². The van der Waals surface area contributed by atoms with Gasteiger partial charge in [0.25, 0.3) is 5.91 Å². The zero-order valence-corrected chi connectivity index (χ0v) is 28.3. The fourth-order valence-corrected chi connectivity index (χ4v) is 7.09. The Morgan fingerprint density at radius 3 is 2.52 bits per heavy atom. The number of pyridine rings is 1. The lowest BCUT2D eigenvalue weighted by Crippen LogP contribution is -2.85. The van der Waals surface area contributed by atoms with E-state index >= 15 is 0 Å². The molecule has 9 nitrogen and oxygen atoms in total. The van der Waals surface area contributed by atoms with Crippen molar-refractivity contribution in [3.05, 3.63) is 74.8 Å². The number of nitrogens with zero attached hydrogens (tertiary/aromatic N) is 1. The molecule has 2 atom stereocenters. The lowest BCUT2D eigenvalue weighted by molar-refractivity contribution is -0.639. The summed E-state index contributed by atoms with van der Waals surface area (Å²) in [7, 11) is 1.53. The second-order valence-electron chi connectivity index (χ2n) is 14.4. The summed E-state index contributed by atoms with van der Waals surface area (Å²) in [5.41, 5.74) is 6.37. The van der Waals surface area contributed by atoms with Crippen LogP contribution in [0.3, 0.4) is 0 Å². The van der Waals surface area contributed by atoms with Crippen LogP contribution in [0.5, 0.6) is 11.5 Å². The van der Waals surface area contributed by atoms with E-state index in [0.29, 0.717) is 40.6 Å². The third kappa shape index (κ3) is 5.93. The summed E-state index contributed by atoms with van der Waals surface area (Å²) in [6.07, 6.45) is 6.74. The maximum Gasteiger partial charge on any atom is 0.251 e. The van der Waals surface area contributed by atoms with Crippen molar-refractivity contribution in [2.24, 2.45) is 11.7 Å². The number of quaternary nitrogens is 1. The molecule has 2 aromatic carbocycles. The molecule has 1 aromatic heterocycles. The average Bonchev–Trinajstić information content (AvgIpc) is 3.98. The van der Waals surface area contributed by atoms with Crippen LogP contribution in [-0.4, -0.2) is 49.1 Å². The van der Waals surface area contributed by atoms with Crippen LogP contribution in [-0.2, 0) is 20.4 Å². The SMILES string of the molecule is COc1cc(C(=O)NC[C@](CC=O)(c2cc3c(c(-c4cc(C)c(F)c(F)c4)n2)OC[C@]3(C)C(N)=O)C2CC2)c/c(=C/[NH2+]C2(F)CC2)c1=C1CC1. The van der Waals surface area contributed by atoms with Crippen molar-refractivity contribution in [3.63, 3.8) is 0 Å². The minimum absolute atomic E-state index is 0.00558. The summed E-state index contributed by atoms with van der Waals surface area (Å²) in [6.45, 7) is 3.00. The first kappa shape index (κ1) is 33.8. The van der Waals surface area contributed by atoms with E-state index in [0.717, 1.165) is 43.3 Å². The van der Waals surface area contributed by atoms with Crippen molar-refractivity contribution in [2.75, 3.05) is 20.3 Å². The van der Waals surface area contributed by atoms with E-state index in [-0.39, 0.29) is 48.1 Å². The first-order valence-electron chi connectivity index (χ1n) is 16.9. The van der Waals surface area contributed by atoms with Gasteiger partial charge in [-0.2, -0.15) is 4.39 Å². The molecule has 262 valence electrons. The number of nitrogens with two attached hydrogens (primary N) is 2. The number of hydrogen-bond acceptors (Lipinski definition) is 6. The number of aldehydes is 1. The summed E-state index contributed by atoms with van der Waals surface area (Å²) in [5, 5.41) is 6.16. The van der Waals surface area contributed by atoms with Gasteiger partial charge in [0, 0.05) is 58.3 Å². The van der Waals surface area contributed by atoms with Gasteiger partial charge in [-0.3, -0.25) is 14.9 Å². The number of benzene rings is 2. The van der Waals surface area contributed by atoms with E-state index < -0.39 is 40.1 Å². The Morgan fingerprint density at radius 2 is 1.92 bits per heavy atom. The molecule has 5 N–H and O–H groups in total. The Morgan fingerprint density at radius 1 is 1.18 bits per heavy atom.